The van der Waals surface area contributed by atoms with Crippen LogP contribution in [0.25, 0.3) is 0 Å². The third-order valence-corrected chi connectivity index (χ3v) is 0.911. The van der Waals surface area contributed by atoms with E-state index in [0.29, 0.717) is 5.78 Å². The monoisotopic (exact) mass is 97.1 g/mol. The number of nitriles is 1. The van der Waals surface area contributed by atoms with E-state index in [1.165, 1.54) is 0 Å². The van der Waals surface area contributed by atoms with Gasteiger partial charge in [-0.15, -0.1) is 0 Å². The smallest absolute Gasteiger partial charge is 0.132 e. The molecule has 0 saturated heterocycles. The quantitative estimate of drug-likeness (QED) is 0.450. The SMILES string of the molecule is C#N.O=C1CCC1. The molecule has 2 heteroatoms. The van der Waals surface area contributed by atoms with Gasteiger partial charge < -0.3 is 0 Å². The van der Waals surface area contributed by atoms with Crippen LogP contribution in [0.2, 0.25) is 0 Å². The minimum absolute atomic E-state index is 0.435. The van der Waals surface area contributed by atoms with Crippen molar-refractivity contribution in [3.8, 4) is 6.57 Å². The fourth-order valence-corrected chi connectivity index (χ4v) is 0.321. The molecule has 7 heavy (non-hydrogen) atoms. The summed E-state index contributed by atoms with van der Waals surface area (Å²) in [4.78, 5) is 9.90. The van der Waals surface area contributed by atoms with Crippen LogP contribution in [-0.2, 0) is 4.79 Å². The van der Waals surface area contributed by atoms with Crippen molar-refractivity contribution in [2.24, 2.45) is 0 Å². The van der Waals surface area contributed by atoms with Crippen LogP contribution >= 0.6 is 0 Å². The van der Waals surface area contributed by atoms with Crippen molar-refractivity contribution in [2.45, 2.75) is 19.3 Å². The van der Waals surface area contributed by atoms with Crippen LogP contribution in [0.3, 0.4) is 0 Å². The van der Waals surface area contributed by atoms with Gasteiger partial charge in [0, 0.05) is 19.4 Å². The molecule has 0 aliphatic heterocycles. The van der Waals surface area contributed by atoms with E-state index in [4.69, 9.17) is 5.26 Å². The molecule has 0 amide bonds. The van der Waals surface area contributed by atoms with Gasteiger partial charge in [0.2, 0.25) is 0 Å². The van der Waals surface area contributed by atoms with E-state index in [2.05, 4.69) is 6.57 Å². The van der Waals surface area contributed by atoms with E-state index in [1.54, 1.807) is 0 Å². The van der Waals surface area contributed by atoms with E-state index in [1.807, 2.05) is 0 Å². The van der Waals surface area contributed by atoms with Crippen molar-refractivity contribution in [3.05, 3.63) is 0 Å². The lowest BCUT2D eigenvalue weighted by Crippen LogP contribution is -2.07. The van der Waals surface area contributed by atoms with Crippen LogP contribution in [0.1, 0.15) is 19.3 Å². The van der Waals surface area contributed by atoms with Gasteiger partial charge >= 0.3 is 0 Å². The Hall–Kier alpha value is -0.840. The van der Waals surface area contributed by atoms with Gasteiger partial charge in [-0.25, -0.2) is 5.26 Å². The highest BCUT2D eigenvalue weighted by atomic mass is 16.1. The van der Waals surface area contributed by atoms with Gasteiger partial charge in [0.05, 0.1) is 0 Å². The Morgan fingerprint density at radius 1 is 1.43 bits per heavy atom. The first-order valence-electron chi connectivity index (χ1n) is 2.17. The summed E-state index contributed by atoms with van der Waals surface area (Å²) in [6.07, 6.45) is 2.83. The molecule has 0 unspecified atom stereocenters. The Morgan fingerprint density at radius 3 is 1.71 bits per heavy atom. The van der Waals surface area contributed by atoms with Crippen LogP contribution in [0, 0.1) is 11.8 Å². The molecular formula is C5H7NO. The zero-order valence-electron chi connectivity index (χ0n) is 4.05. The molecule has 0 aromatic rings. The molecule has 0 aromatic carbocycles. The number of hydrogen-bond donors (Lipinski definition) is 0. The molecule has 1 aliphatic carbocycles. The van der Waals surface area contributed by atoms with Gasteiger partial charge in [0.15, 0.2) is 0 Å². The van der Waals surface area contributed by atoms with Crippen molar-refractivity contribution in [3.63, 3.8) is 0 Å². The largest absolute Gasteiger partial charge is 0.300 e. The third-order valence-electron chi connectivity index (χ3n) is 0.911. The zero-order chi connectivity index (χ0) is 5.70. The summed E-state index contributed by atoms with van der Waals surface area (Å²) in [5, 5.41) is 6.50. The molecule has 0 aromatic heterocycles. The highest BCUT2D eigenvalue weighted by molar-refractivity contribution is 5.83. The van der Waals surface area contributed by atoms with Gasteiger partial charge in [-0.3, -0.25) is 4.79 Å². The molecule has 1 rings (SSSR count). The average Bonchev–Trinajstić information content (AvgIpc) is 1.68. The number of Topliss-reactive ketones (excluding diaryl/α,β-unsaturated/α-hetero) is 1. The van der Waals surface area contributed by atoms with Crippen molar-refractivity contribution in [1.29, 1.82) is 5.26 Å². The molecule has 0 radical (unpaired) electrons. The average molecular weight is 97.1 g/mol. The summed E-state index contributed by atoms with van der Waals surface area (Å²) >= 11 is 0. The number of carbonyl (C=O) groups is 1. The van der Waals surface area contributed by atoms with Gasteiger partial charge in [0.1, 0.15) is 5.78 Å². The summed E-state index contributed by atoms with van der Waals surface area (Å²) in [7, 11) is 0. The Morgan fingerprint density at radius 2 is 1.71 bits per heavy atom. The summed E-state index contributed by atoms with van der Waals surface area (Å²) in [6, 6.07) is 0. The molecule has 0 atom stereocenters. The summed E-state index contributed by atoms with van der Waals surface area (Å²) in [5.74, 6) is 0.435. The van der Waals surface area contributed by atoms with Crippen LogP contribution in [0.5, 0.6) is 0 Å². The maximum Gasteiger partial charge on any atom is 0.132 e. The van der Waals surface area contributed by atoms with Gasteiger partial charge in [0.25, 0.3) is 0 Å². The first-order valence-corrected chi connectivity index (χ1v) is 2.17. The van der Waals surface area contributed by atoms with Crippen molar-refractivity contribution < 1.29 is 4.79 Å². The van der Waals surface area contributed by atoms with Crippen LogP contribution in [-0.4, -0.2) is 5.78 Å². The molecule has 2 nitrogen and oxygen atoms in total. The summed E-state index contributed by atoms with van der Waals surface area (Å²) in [6.45, 7) is 3.50. The number of carbonyl (C=O) groups excluding carboxylic acids is 1. The van der Waals surface area contributed by atoms with E-state index in [9.17, 15) is 4.79 Å². The number of rotatable bonds is 0. The molecule has 1 fully saturated rings. The van der Waals surface area contributed by atoms with Crippen LogP contribution in [0.15, 0.2) is 0 Å². The molecule has 0 bridgehead atoms. The third kappa shape index (κ3) is 1.94. The normalized spacial score (nSPS) is 16.0. The summed E-state index contributed by atoms with van der Waals surface area (Å²) < 4.78 is 0. The minimum atomic E-state index is 0.435. The molecular weight excluding hydrogens is 90.1 g/mol. The molecule has 0 spiro atoms. The summed E-state index contributed by atoms with van der Waals surface area (Å²) in [5.41, 5.74) is 0. The fraction of sp³-hybridized carbons (Fsp3) is 0.600. The zero-order valence-corrected chi connectivity index (χ0v) is 4.05. The van der Waals surface area contributed by atoms with Crippen molar-refractivity contribution >= 4 is 5.78 Å². The Bertz CT molecular complexity index is 79.3. The second-order valence-electron chi connectivity index (χ2n) is 1.39. The second-order valence-corrected chi connectivity index (χ2v) is 1.39. The van der Waals surface area contributed by atoms with Crippen LogP contribution in [0.4, 0.5) is 0 Å². The highest BCUT2D eigenvalue weighted by Crippen LogP contribution is 2.10. The second kappa shape index (κ2) is 3.35. The Labute approximate surface area is 42.8 Å². The topological polar surface area (TPSA) is 40.9 Å². The van der Waals surface area contributed by atoms with E-state index < -0.39 is 0 Å². The first kappa shape index (κ1) is 6.16. The van der Waals surface area contributed by atoms with Gasteiger partial charge in [-0.05, 0) is 6.42 Å². The van der Waals surface area contributed by atoms with Crippen molar-refractivity contribution in [2.75, 3.05) is 0 Å². The lowest BCUT2D eigenvalue weighted by Gasteiger charge is -2.05. The minimum Gasteiger partial charge on any atom is -0.300 e. The fourth-order valence-electron chi connectivity index (χ4n) is 0.321. The highest BCUT2D eigenvalue weighted by Gasteiger charge is 2.09. The van der Waals surface area contributed by atoms with Gasteiger partial charge in [-0.1, -0.05) is 0 Å². The number of ketones is 1. The standard InChI is InChI=1S/C4H6O.CHN/c5-4-2-1-3-4;1-2/h1-3H2;1H. The molecule has 38 valence electrons. The Balaban J connectivity index is 0.000000162. The van der Waals surface area contributed by atoms with Gasteiger partial charge in [-0.2, -0.15) is 0 Å². The Kier molecular flexibility index (Phi) is 2.95. The first-order chi connectivity index (χ1) is 3.39. The van der Waals surface area contributed by atoms with E-state index >= 15 is 0 Å². The maximum atomic E-state index is 9.90. The number of nitrogens with zero attached hydrogens (tertiary/aromatic N) is 1. The maximum absolute atomic E-state index is 9.90. The molecule has 1 aliphatic rings. The van der Waals surface area contributed by atoms with Crippen LogP contribution < -0.4 is 0 Å². The lowest BCUT2D eigenvalue weighted by molar-refractivity contribution is -0.123. The van der Waals surface area contributed by atoms with E-state index in [0.717, 1.165) is 19.3 Å². The molecule has 0 N–H and O–H groups in total. The van der Waals surface area contributed by atoms with Crippen molar-refractivity contribution in [1.82, 2.24) is 0 Å². The predicted molar refractivity (Wildman–Crippen MR) is 25.5 cm³/mol. The predicted octanol–water partition coefficient (Wildman–Crippen LogP) is 0.879. The molecule has 1 saturated carbocycles. The molecule has 0 heterocycles. The number of hydrogen-bond acceptors (Lipinski definition) is 2. The van der Waals surface area contributed by atoms with E-state index in [-0.39, 0.29) is 0 Å². The lowest BCUT2D eigenvalue weighted by atomic mass is 9.99.